The second-order valence-electron chi connectivity index (χ2n) is 10.1. The number of benzene rings is 2. The van der Waals surface area contributed by atoms with Crippen molar-refractivity contribution in [3.05, 3.63) is 65.7 Å². The number of amides is 2. The van der Waals surface area contributed by atoms with Gasteiger partial charge in [0.2, 0.25) is 11.8 Å². The molecule has 2 aliphatic rings. The van der Waals surface area contributed by atoms with Crippen molar-refractivity contribution in [2.75, 3.05) is 31.6 Å². The van der Waals surface area contributed by atoms with E-state index < -0.39 is 5.97 Å². The van der Waals surface area contributed by atoms with E-state index in [1.807, 2.05) is 59.5 Å². The predicted molar refractivity (Wildman–Crippen MR) is 147 cm³/mol. The zero-order valence-corrected chi connectivity index (χ0v) is 22.2. The molecule has 0 unspecified atom stereocenters. The van der Waals surface area contributed by atoms with Gasteiger partial charge in [-0.25, -0.2) is 4.79 Å². The van der Waals surface area contributed by atoms with Crippen molar-refractivity contribution in [3.8, 4) is 5.75 Å². The minimum Gasteiger partial charge on any atom is -0.494 e. The quantitative estimate of drug-likeness (QED) is 0.242. The lowest BCUT2D eigenvalue weighted by Crippen LogP contribution is -2.30. The molecule has 7 heteroatoms. The highest BCUT2D eigenvalue weighted by Crippen LogP contribution is 2.36. The summed E-state index contributed by atoms with van der Waals surface area (Å²) in [5.41, 5.74) is 1.94. The van der Waals surface area contributed by atoms with E-state index in [2.05, 4.69) is 5.32 Å². The molecule has 1 aliphatic heterocycles. The van der Waals surface area contributed by atoms with E-state index in [-0.39, 0.29) is 24.8 Å². The first-order chi connectivity index (χ1) is 18.5. The molecule has 0 spiro atoms. The molecular weight excluding hydrogens is 480 g/mol. The summed E-state index contributed by atoms with van der Waals surface area (Å²) < 4.78 is 11.0. The van der Waals surface area contributed by atoms with Crippen LogP contribution in [0.5, 0.6) is 5.75 Å². The summed E-state index contributed by atoms with van der Waals surface area (Å²) in [5.74, 6) is 1.39. The Hall–Kier alpha value is -3.61. The Balaban J connectivity index is 1.28. The second-order valence-corrected chi connectivity index (χ2v) is 10.1. The molecule has 7 nitrogen and oxygen atoms in total. The van der Waals surface area contributed by atoms with Crippen molar-refractivity contribution in [3.63, 3.8) is 0 Å². The minimum absolute atomic E-state index is 0.00467. The van der Waals surface area contributed by atoms with Crippen molar-refractivity contribution in [2.45, 2.75) is 51.9 Å². The normalized spacial score (nSPS) is 19.0. The smallest absolute Gasteiger partial charge is 0.334 e. The third-order valence-corrected chi connectivity index (χ3v) is 7.30. The van der Waals surface area contributed by atoms with Crippen LogP contribution in [0.1, 0.15) is 57.4 Å². The number of fused-ring (bicyclic) bond motifs is 1. The molecule has 1 saturated heterocycles. The summed E-state index contributed by atoms with van der Waals surface area (Å²) in [6.07, 6.45) is 7.63. The van der Waals surface area contributed by atoms with E-state index in [4.69, 9.17) is 9.47 Å². The highest BCUT2D eigenvalue weighted by Gasteiger charge is 2.36. The van der Waals surface area contributed by atoms with Crippen LogP contribution in [0.3, 0.4) is 0 Å². The average molecular weight is 519 g/mol. The van der Waals surface area contributed by atoms with Crippen LogP contribution in [0.15, 0.2) is 60.2 Å². The van der Waals surface area contributed by atoms with Gasteiger partial charge in [-0.2, -0.15) is 0 Å². The Labute approximate surface area is 225 Å². The number of hydrogen-bond donors (Lipinski definition) is 1. The number of ether oxygens (including phenoxy) is 2. The summed E-state index contributed by atoms with van der Waals surface area (Å²) in [6, 6.07) is 16.7. The van der Waals surface area contributed by atoms with E-state index in [0.717, 1.165) is 24.3 Å². The van der Waals surface area contributed by atoms with Gasteiger partial charge in [0.1, 0.15) is 5.75 Å². The van der Waals surface area contributed by atoms with Gasteiger partial charge in [0.25, 0.3) is 0 Å². The first-order valence-electron chi connectivity index (χ1n) is 13.7. The lowest BCUT2D eigenvalue weighted by molar-refractivity contribution is -0.140. The number of nitrogens with one attached hydrogen (secondary N) is 1. The van der Waals surface area contributed by atoms with Crippen LogP contribution >= 0.6 is 0 Å². The number of anilines is 1. The third-order valence-electron chi connectivity index (χ3n) is 7.30. The molecule has 1 N–H and O–H groups in total. The standard InChI is InChI=1S/C31H38N2O5/c1-2-37-31(36)26(20-30(35)33-21-24-9-6-7-10-25(24)22-33)19-23-14-16-28(17-15-23)38-18-8-13-29(34)32-27-11-4-3-5-12-27/h3-5,11-12,14-17,19,24-25H,2,6-10,13,18,20-22H2,1H3,(H,32,34)/b26-19+/t24-,25+. The Kier molecular flexibility index (Phi) is 9.96. The molecule has 2 aromatic rings. The van der Waals surface area contributed by atoms with Crippen molar-refractivity contribution < 1.29 is 23.9 Å². The second kappa shape index (κ2) is 13.8. The van der Waals surface area contributed by atoms with Crippen LogP contribution < -0.4 is 10.1 Å². The van der Waals surface area contributed by atoms with E-state index in [9.17, 15) is 14.4 Å². The third kappa shape index (κ3) is 7.94. The summed E-state index contributed by atoms with van der Waals surface area (Å²) >= 11 is 0. The van der Waals surface area contributed by atoms with Crippen LogP contribution in [0.2, 0.25) is 0 Å². The number of rotatable bonds is 11. The maximum atomic E-state index is 13.1. The molecule has 1 aliphatic carbocycles. The molecule has 0 radical (unpaired) electrons. The number of carbonyl (C=O) groups is 3. The molecule has 2 aromatic carbocycles. The molecule has 1 heterocycles. The van der Waals surface area contributed by atoms with Gasteiger partial charge in [-0.15, -0.1) is 0 Å². The zero-order valence-electron chi connectivity index (χ0n) is 22.2. The first kappa shape index (κ1) is 27.4. The molecule has 38 heavy (non-hydrogen) atoms. The van der Waals surface area contributed by atoms with Gasteiger partial charge in [-0.1, -0.05) is 43.2 Å². The molecule has 0 bridgehead atoms. The summed E-state index contributed by atoms with van der Waals surface area (Å²) in [5, 5.41) is 2.86. The van der Waals surface area contributed by atoms with Crippen LogP contribution in [-0.4, -0.2) is 49.0 Å². The molecule has 202 valence electrons. The molecule has 1 saturated carbocycles. The van der Waals surface area contributed by atoms with Gasteiger partial charge in [0, 0.05) is 30.8 Å². The molecule has 4 rings (SSSR count). The topological polar surface area (TPSA) is 84.9 Å². The fourth-order valence-electron chi connectivity index (χ4n) is 5.32. The maximum Gasteiger partial charge on any atom is 0.334 e. The van der Waals surface area contributed by atoms with E-state index in [0.29, 0.717) is 42.6 Å². The highest BCUT2D eigenvalue weighted by atomic mass is 16.5. The van der Waals surface area contributed by atoms with Gasteiger partial charge in [0.05, 0.1) is 19.6 Å². The van der Waals surface area contributed by atoms with Crippen LogP contribution in [0, 0.1) is 11.8 Å². The molecule has 2 amide bonds. The van der Waals surface area contributed by atoms with E-state index >= 15 is 0 Å². The lowest BCUT2D eigenvalue weighted by Gasteiger charge is -2.22. The van der Waals surface area contributed by atoms with Gasteiger partial charge < -0.3 is 19.7 Å². The largest absolute Gasteiger partial charge is 0.494 e. The summed E-state index contributed by atoms with van der Waals surface area (Å²) in [7, 11) is 0. The van der Waals surface area contributed by atoms with E-state index in [1.165, 1.54) is 25.7 Å². The summed E-state index contributed by atoms with van der Waals surface area (Å²) in [4.78, 5) is 39.7. The molecule has 2 fully saturated rings. The number of hydrogen-bond acceptors (Lipinski definition) is 5. The summed E-state index contributed by atoms with van der Waals surface area (Å²) in [6.45, 7) is 4.05. The fraction of sp³-hybridized carbons (Fsp3) is 0.452. The van der Waals surface area contributed by atoms with Crippen molar-refractivity contribution in [1.82, 2.24) is 4.90 Å². The monoisotopic (exact) mass is 518 g/mol. The van der Waals surface area contributed by atoms with Crippen LogP contribution in [0.25, 0.3) is 6.08 Å². The van der Waals surface area contributed by atoms with Gasteiger partial charge in [-0.3, -0.25) is 9.59 Å². The Bertz CT molecular complexity index is 1100. The highest BCUT2D eigenvalue weighted by molar-refractivity contribution is 5.99. The number of esters is 1. The number of likely N-dealkylation sites (tertiary alicyclic amines) is 1. The molecular formula is C31H38N2O5. The SMILES string of the molecule is CCOC(=O)/C(=C/c1ccc(OCCCC(=O)Nc2ccccc2)cc1)CC(=O)N1C[C@H]2CCCC[C@H]2C1. The zero-order chi connectivity index (χ0) is 26.7. The molecule has 0 aromatic heterocycles. The maximum absolute atomic E-state index is 13.1. The fourth-order valence-corrected chi connectivity index (χ4v) is 5.32. The number of nitrogens with zero attached hydrogens (tertiary/aromatic N) is 1. The van der Waals surface area contributed by atoms with Crippen LogP contribution in [0.4, 0.5) is 5.69 Å². The van der Waals surface area contributed by atoms with Crippen molar-refractivity contribution in [1.29, 1.82) is 0 Å². The van der Waals surface area contributed by atoms with Gasteiger partial charge in [0.15, 0.2) is 0 Å². The van der Waals surface area contributed by atoms with Gasteiger partial charge >= 0.3 is 5.97 Å². The van der Waals surface area contributed by atoms with Crippen LogP contribution in [-0.2, 0) is 19.1 Å². The minimum atomic E-state index is -0.452. The Morgan fingerprint density at radius 2 is 1.66 bits per heavy atom. The predicted octanol–water partition coefficient (Wildman–Crippen LogP) is 5.47. The molecule has 2 atom stereocenters. The Morgan fingerprint density at radius 1 is 0.974 bits per heavy atom. The average Bonchev–Trinajstić information content (AvgIpc) is 3.37. The number of carbonyl (C=O) groups excluding carboxylic acids is 3. The number of para-hydroxylation sites is 1. The van der Waals surface area contributed by atoms with Gasteiger partial charge in [-0.05, 0) is 73.9 Å². The van der Waals surface area contributed by atoms with Crippen molar-refractivity contribution >= 4 is 29.5 Å². The lowest BCUT2D eigenvalue weighted by atomic mass is 9.82. The van der Waals surface area contributed by atoms with Crippen molar-refractivity contribution in [2.24, 2.45) is 11.8 Å². The van der Waals surface area contributed by atoms with E-state index in [1.54, 1.807) is 13.0 Å². The first-order valence-corrected chi connectivity index (χ1v) is 13.7. The Morgan fingerprint density at radius 3 is 2.32 bits per heavy atom.